The molecular formula is C18H19NO4. The summed E-state index contributed by atoms with van der Waals surface area (Å²) in [6.45, 7) is 0. The van der Waals surface area contributed by atoms with E-state index in [0.29, 0.717) is 6.42 Å². The number of amides is 1. The van der Waals surface area contributed by atoms with E-state index < -0.39 is 12.0 Å². The average Bonchev–Trinajstić information content (AvgIpc) is 2.54. The molecule has 2 aromatic rings. The Balaban J connectivity index is 1.88. The molecule has 120 valence electrons. The minimum absolute atomic E-state index is 0.173. The molecule has 0 radical (unpaired) electrons. The number of carbonyl (C=O) groups is 2. The topological polar surface area (TPSA) is 86.6 Å². The summed E-state index contributed by atoms with van der Waals surface area (Å²) >= 11 is 0. The molecule has 23 heavy (non-hydrogen) atoms. The number of aromatic hydroxyl groups is 1. The minimum atomic E-state index is -1.05. The van der Waals surface area contributed by atoms with Crippen LogP contribution in [0.25, 0.3) is 0 Å². The molecule has 1 amide bonds. The highest BCUT2D eigenvalue weighted by Crippen LogP contribution is 2.11. The molecule has 2 aromatic carbocycles. The van der Waals surface area contributed by atoms with Crippen molar-refractivity contribution in [1.82, 2.24) is 5.32 Å². The van der Waals surface area contributed by atoms with E-state index in [4.69, 9.17) is 0 Å². The predicted octanol–water partition coefficient (Wildman–Crippen LogP) is 2.14. The van der Waals surface area contributed by atoms with E-state index in [9.17, 15) is 19.8 Å². The quantitative estimate of drug-likeness (QED) is 0.731. The van der Waals surface area contributed by atoms with E-state index >= 15 is 0 Å². The van der Waals surface area contributed by atoms with Gasteiger partial charge in [-0.25, -0.2) is 4.79 Å². The molecule has 0 unspecified atom stereocenters. The Kier molecular flexibility index (Phi) is 5.74. The fourth-order valence-electron chi connectivity index (χ4n) is 2.24. The molecule has 0 saturated carbocycles. The Morgan fingerprint density at radius 1 is 0.957 bits per heavy atom. The maximum atomic E-state index is 12.0. The number of benzene rings is 2. The van der Waals surface area contributed by atoms with Gasteiger partial charge in [0.15, 0.2) is 0 Å². The number of rotatable bonds is 7. The van der Waals surface area contributed by atoms with Crippen LogP contribution in [0.5, 0.6) is 5.75 Å². The first-order valence-electron chi connectivity index (χ1n) is 7.38. The van der Waals surface area contributed by atoms with Gasteiger partial charge in [0.05, 0.1) is 0 Å². The highest BCUT2D eigenvalue weighted by Gasteiger charge is 2.20. The van der Waals surface area contributed by atoms with Crippen LogP contribution in [0.2, 0.25) is 0 Å². The Bertz CT molecular complexity index is 652. The first-order chi connectivity index (χ1) is 11.0. The van der Waals surface area contributed by atoms with E-state index in [1.807, 2.05) is 30.3 Å². The second-order valence-corrected chi connectivity index (χ2v) is 5.31. The number of carbonyl (C=O) groups excluding carboxylic acids is 1. The summed E-state index contributed by atoms with van der Waals surface area (Å²) < 4.78 is 0. The molecule has 1 atom stereocenters. The van der Waals surface area contributed by atoms with Crippen molar-refractivity contribution in [1.29, 1.82) is 0 Å². The van der Waals surface area contributed by atoms with Crippen molar-refractivity contribution in [2.45, 2.75) is 25.3 Å². The van der Waals surface area contributed by atoms with Crippen molar-refractivity contribution < 1.29 is 19.8 Å². The maximum Gasteiger partial charge on any atom is 0.326 e. The summed E-state index contributed by atoms with van der Waals surface area (Å²) in [5.74, 6) is -1.18. The summed E-state index contributed by atoms with van der Waals surface area (Å²) in [5, 5.41) is 21.0. The van der Waals surface area contributed by atoms with Gasteiger partial charge in [-0.15, -0.1) is 0 Å². The van der Waals surface area contributed by atoms with Crippen LogP contribution in [-0.2, 0) is 22.4 Å². The van der Waals surface area contributed by atoms with Crippen LogP contribution in [0.3, 0.4) is 0 Å². The summed E-state index contributed by atoms with van der Waals surface area (Å²) in [6.07, 6.45) is 0.939. The van der Waals surface area contributed by atoms with Gasteiger partial charge in [-0.1, -0.05) is 42.5 Å². The van der Waals surface area contributed by atoms with Crippen LogP contribution < -0.4 is 5.32 Å². The van der Waals surface area contributed by atoms with Crippen molar-refractivity contribution in [2.75, 3.05) is 0 Å². The summed E-state index contributed by atoms with van der Waals surface area (Å²) in [6, 6.07) is 14.8. The molecule has 0 fully saturated rings. The fourth-order valence-corrected chi connectivity index (χ4v) is 2.24. The van der Waals surface area contributed by atoms with E-state index in [1.54, 1.807) is 24.3 Å². The van der Waals surface area contributed by atoms with Gasteiger partial charge in [-0.2, -0.15) is 0 Å². The molecule has 0 spiro atoms. The largest absolute Gasteiger partial charge is 0.508 e. The SMILES string of the molecule is O=C(CCc1ccc(O)cc1)N[C@H](Cc1ccccc1)C(=O)O. The first-order valence-corrected chi connectivity index (χ1v) is 7.38. The van der Waals surface area contributed by atoms with Crippen molar-refractivity contribution >= 4 is 11.9 Å². The molecule has 0 saturated heterocycles. The van der Waals surface area contributed by atoms with Crippen molar-refractivity contribution in [2.24, 2.45) is 0 Å². The molecule has 0 aromatic heterocycles. The predicted molar refractivity (Wildman–Crippen MR) is 86.1 cm³/mol. The zero-order chi connectivity index (χ0) is 16.7. The first kappa shape index (κ1) is 16.5. The van der Waals surface area contributed by atoms with Crippen LogP contribution in [0.15, 0.2) is 54.6 Å². The standard InChI is InChI=1S/C18H19NO4/c20-15-9-6-13(7-10-15)8-11-17(21)19-16(18(22)23)12-14-4-2-1-3-5-14/h1-7,9-10,16,20H,8,11-12H2,(H,19,21)(H,22,23)/t16-/m1/s1. The van der Waals surface area contributed by atoms with E-state index in [1.165, 1.54) is 0 Å². The second kappa shape index (κ2) is 7.98. The van der Waals surface area contributed by atoms with E-state index in [-0.39, 0.29) is 24.5 Å². The second-order valence-electron chi connectivity index (χ2n) is 5.31. The third-order valence-electron chi connectivity index (χ3n) is 3.49. The molecule has 5 heteroatoms. The van der Waals surface area contributed by atoms with E-state index in [0.717, 1.165) is 11.1 Å². The smallest absolute Gasteiger partial charge is 0.326 e. The number of phenols is 1. The number of aliphatic carboxylic acids is 1. The van der Waals surface area contributed by atoms with Crippen LogP contribution in [0.4, 0.5) is 0 Å². The number of phenolic OH excluding ortho intramolecular Hbond substituents is 1. The highest BCUT2D eigenvalue weighted by atomic mass is 16.4. The van der Waals surface area contributed by atoms with Crippen LogP contribution in [0.1, 0.15) is 17.5 Å². The Morgan fingerprint density at radius 3 is 2.22 bits per heavy atom. The molecule has 0 aliphatic carbocycles. The number of carboxylic acid groups (broad SMARTS) is 1. The van der Waals surface area contributed by atoms with Gasteiger partial charge in [0.1, 0.15) is 11.8 Å². The Morgan fingerprint density at radius 2 is 1.61 bits per heavy atom. The Labute approximate surface area is 134 Å². The lowest BCUT2D eigenvalue weighted by Gasteiger charge is -2.14. The normalized spacial score (nSPS) is 11.7. The van der Waals surface area contributed by atoms with Crippen LogP contribution >= 0.6 is 0 Å². The average molecular weight is 313 g/mol. The van der Waals surface area contributed by atoms with Gasteiger partial charge in [-0.3, -0.25) is 4.79 Å². The van der Waals surface area contributed by atoms with Gasteiger partial charge in [-0.05, 0) is 29.7 Å². The number of carboxylic acids is 1. The Hall–Kier alpha value is -2.82. The van der Waals surface area contributed by atoms with Gasteiger partial charge >= 0.3 is 5.97 Å². The van der Waals surface area contributed by atoms with Gasteiger partial charge in [0.25, 0.3) is 0 Å². The highest BCUT2D eigenvalue weighted by molar-refractivity contribution is 5.83. The number of hydrogen-bond donors (Lipinski definition) is 3. The van der Waals surface area contributed by atoms with Crippen LogP contribution in [-0.4, -0.2) is 28.1 Å². The van der Waals surface area contributed by atoms with Gasteiger partial charge in [0, 0.05) is 12.8 Å². The third kappa shape index (κ3) is 5.47. The molecule has 5 nitrogen and oxygen atoms in total. The minimum Gasteiger partial charge on any atom is -0.508 e. The molecule has 0 aliphatic heterocycles. The zero-order valence-corrected chi connectivity index (χ0v) is 12.6. The molecule has 0 aliphatic rings. The zero-order valence-electron chi connectivity index (χ0n) is 12.6. The lowest BCUT2D eigenvalue weighted by molar-refractivity contribution is -0.141. The summed E-state index contributed by atoms with van der Waals surface area (Å²) in [4.78, 5) is 23.3. The lowest BCUT2D eigenvalue weighted by atomic mass is 10.1. The van der Waals surface area contributed by atoms with Crippen LogP contribution in [0, 0.1) is 0 Å². The maximum absolute atomic E-state index is 12.0. The molecule has 3 N–H and O–H groups in total. The van der Waals surface area contributed by atoms with Gasteiger partial charge in [0.2, 0.25) is 5.91 Å². The summed E-state index contributed by atoms with van der Waals surface area (Å²) in [7, 11) is 0. The molecular weight excluding hydrogens is 294 g/mol. The number of aryl methyl sites for hydroxylation is 1. The molecule has 0 heterocycles. The lowest BCUT2D eigenvalue weighted by Crippen LogP contribution is -2.42. The van der Waals surface area contributed by atoms with Crippen molar-refractivity contribution in [3.63, 3.8) is 0 Å². The third-order valence-corrected chi connectivity index (χ3v) is 3.49. The number of hydrogen-bond acceptors (Lipinski definition) is 3. The fraction of sp³-hybridized carbons (Fsp3) is 0.222. The van der Waals surface area contributed by atoms with E-state index in [2.05, 4.69) is 5.32 Å². The molecule has 0 bridgehead atoms. The monoisotopic (exact) mass is 313 g/mol. The van der Waals surface area contributed by atoms with Gasteiger partial charge < -0.3 is 15.5 Å². The molecule has 2 rings (SSSR count). The summed E-state index contributed by atoms with van der Waals surface area (Å²) in [5.41, 5.74) is 1.77. The number of nitrogens with one attached hydrogen (secondary N) is 1. The van der Waals surface area contributed by atoms with Crippen molar-refractivity contribution in [3.05, 3.63) is 65.7 Å². The van der Waals surface area contributed by atoms with Crippen molar-refractivity contribution in [3.8, 4) is 5.75 Å².